The molecule has 7 nitrogen and oxygen atoms in total. The maximum atomic E-state index is 12.8. The minimum Gasteiger partial charge on any atom is -0.383 e. The highest BCUT2D eigenvalue weighted by Crippen LogP contribution is 2.24. The van der Waals surface area contributed by atoms with Crippen LogP contribution in [-0.4, -0.2) is 67.2 Å². The Balaban J connectivity index is 1.61. The number of carbonyl (C=O) groups excluding carboxylic acids is 1. The van der Waals surface area contributed by atoms with Gasteiger partial charge in [-0.05, 0) is 37.1 Å². The van der Waals surface area contributed by atoms with Crippen molar-refractivity contribution in [2.45, 2.75) is 13.8 Å². The molecule has 1 aliphatic heterocycles. The second-order valence-electron chi connectivity index (χ2n) is 6.68. The number of hydrogen-bond donors (Lipinski definition) is 1. The predicted molar refractivity (Wildman–Crippen MR) is 106 cm³/mol. The quantitative estimate of drug-likeness (QED) is 0.787. The molecule has 1 aromatic heterocycles. The molecule has 1 aromatic carbocycles. The average molecular weight is 369 g/mol. The standard InChI is InChI=1S/C20H27N5O2/c1-15-5-4-6-18(16(15)2)24-10-12-25(13-11-24)19(26)17-7-8-21-20(23-17)22-9-14-27-3/h4-8H,9-14H2,1-3H3,(H,21,22,23). The Kier molecular flexibility index (Phi) is 6.24. The monoisotopic (exact) mass is 369 g/mol. The summed E-state index contributed by atoms with van der Waals surface area (Å²) in [4.78, 5) is 25.5. The molecule has 2 heterocycles. The van der Waals surface area contributed by atoms with Crippen LogP contribution in [0.25, 0.3) is 0 Å². The number of aromatic nitrogens is 2. The van der Waals surface area contributed by atoms with Gasteiger partial charge >= 0.3 is 0 Å². The van der Waals surface area contributed by atoms with Crippen LogP contribution in [0.15, 0.2) is 30.5 Å². The van der Waals surface area contributed by atoms with Crippen LogP contribution >= 0.6 is 0 Å². The number of anilines is 2. The van der Waals surface area contributed by atoms with Gasteiger partial charge in [0.25, 0.3) is 5.91 Å². The highest BCUT2D eigenvalue weighted by Gasteiger charge is 2.24. The van der Waals surface area contributed by atoms with E-state index >= 15 is 0 Å². The van der Waals surface area contributed by atoms with E-state index in [1.54, 1.807) is 19.4 Å². The normalized spacial score (nSPS) is 14.3. The number of rotatable bonds is 6. The highest BCUT2D eigenvalue weighted by atomic mass is 16.5. The zero-order valence-corrected chi connectivity index (χ0v) is 16.2. The average Bonchev–Trinajstić information content (AvgIpc) is 2.70. The lowest BCUT2D eigenvalue weighted by Crippen LogP contribution is -2.49. The van der Waals surface area contributed by atoms with Gasteiger partial charge in [0.05, 0.1) is 6.61 Å². The number of methoxy groups -OCH3 is 1. The molecule has 1 fully saturated rings. The fourth-order valence-corrected chi connectivity index (χ4v) is 3.22. The van der Waals surface area contributed by atoms with Crippen LogP contribution in [0.4, 0.5) is 11.6 Å². The maximum Gasteiger partial charge on any atom is 0.272 e. The van der Waals surface area contributed by atoms with Gasteiger partial charge in [-0.15, -0.1) is 0 Å². The van der Waals surface area contributed by atoms with Gasteiger partial charge in [-0.2, -0.15) is 0 Å². The first-order chi connectivity index (χ1) is 13.1. The first kappa shape index (κ1) is 19.1. The first-order valence-electron chi connectivity index (χ1n) is 9.26. The predicted octanol–water partition coefficient (Wildman–Crippen LogP) is 2.11. The van der Waals surface area contributed by atoms with Gasteiger partial charge < -0.3 is 19.9 Å². The molecule has 0 spiro atoms. The van der Waals surface area contributed by atoms with Crippen LogP contribution in [-0.2, 0) is 4.74 Å². The third-order valence-corrected chi connectivity index (χ3v) is 4.95. The molecule has 0 unspecified atom stereocenters. The molecular weight excluding hydrogens is 342 g/mol. The van der Waals surface area contributed by atoms with Crippen molar-refractivity contribution in [1.29, 1.82) is 0 Å². The number of nitrogens with one attached hydrogen (secondary N) is 1. The third kappa shape index (κ3) is 4.54. The van der Waals surface area contributed by atoms with Gasteiger partial charge in [0.2, 0.25) is 5.95 Å². The molecular formula is C20H27N5O2. The lowest BCUT2D eigenvalue weighted by Gasteiger charge is -2.37. The number of benzene rings is 1. The van der Waals surface area contributed by atoms with Crippen LogP contribution in [0, 0.1) is 13.8 Å². The lowest BCUT2D eigenvalue weighted by atomic mass is 10.1. The minimum absolute atomic E-state index is 0.0483. The van der Waals surface area contributed by atoms with Crippen molar-refractivity contribution in [2.75, 3.05) is 56.7 Å². The van der Waals surface area contributed by atoms with Crippen LogP contribution in [0.5, 0.6) is 0 Å². The summed E-state index contributed by atoms with van der Waals surface area (Å²) >= 11 is 0. The van der Waals surface area contributed by atoms with Crippen molar-refractivity contribution in [3.63, 3.8) is 0 Å². The van der Waals surface area contributed by atoms with Gasteiger partial charge in [0.1, 0.15) is 5.69 Å². The molecule has 3 rings (SSSR count). The Bertz CT molecular complexity index is 788. The van der Waals surface area contributed by atoms with E-state index in [-0.39, 0.29) is 5.91 Å². The van der Waals surface area contributed by atoms with Crippen LogP contribution in [0.3, 0.4) is 0 Å². The zero-order chi connectivity index (χ0) is 19.2. The Morgan fingerprint density at radius 2 is 1.96 bits per heavy atom. The summed E-state index contributed by atoms with van der Waals surface area (Å²) in [6.07, 6.45) is 1.61. The van der Waals surface area contributed by atoms with Crippen molar-refractivity contribution in [2.24, 2.45) is 0 Å². The topological polar surface area (TPSA) is 70.6 Å². The Hall–Kier alpha value is -2.67. The second-order valence-corrected chi connectivity index (χ2v) is 6.68. The van der Waals surface area contributed by atoms with Gasteiger partial charge in [0, 0.05) is 51.7 Å². The maximum absolute atomic E-state index is 12.8. The summed E-state index contributed by atoms with van der Waals surface area (Å²) in [5.41, 5.74) is 4.28. The molecule has 2 aromatic rings. The second kappa shape index (κ2) is 8.81. The van der Waals surface area contributed by atoms with E-state index in [1.807, 2.05) is 4.90 Å². The lowest BCUT2D eigenvalue weighted by molar-refractivity contribution is 0.0741. The Morgan fingerprint density at radius 1 is 1.19 bits per heavy atom. The number of amides is 1. The van der Waals surface area contributed by atoms with Crippen molar-refractivity contribution >= 4 is 17.5 Å². The molecule has 1 N–H and O–H groups in total. The summed E-state index contributed by atoms with van der Waals surface area (Å²) < 4.78 is 5.00. The van der Waals surface area contributed by atoms with Crippen molar-refractivity contribution in [3.8, 4) is 0 Å². The zero-order valence-electron chi connectivity index (χ0n) is 16.2. The van der Waals surface area contributed by atoms with Crippen molar-refractivity contribution < 1.29 is 9.53 Å². The van der Waals surface area contributed by atoms with Gasteiger partial charge in [-0.1, -0.05) is 12.1 Å². The molecule has 1 aliphatic rings. The molecule has 1 amide bonds. The molecule has 0 aliphatic carbocycles. The van der Waals surface area contributed by atoms with E-state index in [1.165, 1.54) is 16.8 Å². The van der Waals surface area contributed by atoms with Gasteiger partial charge in [-0.25, -0.2) is 9.97 Å². The van der Waals surface area contributed by atoms with E-state index in [4.69, 9.17) is 4.74 Å². The van der Waals surface area contributed by atoms with E-state index in [9.17, 15) is 4.79 Å². The molecule has 27 heavy (non-hydrogen) atoms. The minimum atomic E-state index is -0.0483. The summed E-state index contributed by atoms with van der Waals surface area (Å²) in [6, 6.07) is 8.04. The van der Waals surface area contributed by atoms with E-state index in [0.29, 0.717) is 37.9 Å². The summed E-state index contributed by atoms with van der Waals surface area (Å²) in [5.74, 6) is 0.403. The Morgan fingerprint density at radius 3 is 2.70 bits per heavy atom. The molecule has 1 saturated heterocycles. The molecule has 0 atom stereocenters. The SMILES string of the molecule is COCCNc1nccc(C(=O)N2CCN(c3cccc(C)c3C)CC2)n1. The molecule has 0 bridgehead atoms. The fourth-order valence-electron chi connectivity index (χ4n) is 3.22. The number of hydrogen-bond acceptors (Lipinski definition) is 6. The summed E-state index contributed by atoms with van der Waals surface area (Å²) in [7, 11) is 1.64. The van der Waals surface area contributed by atoms with Crippen LogP contribution in [0.2, 0.25) is 0 Å². The Labute approximate surface area is 160 Å². The van der Waals surface area contributed by atoms with E-state index in [0.717, 1.165) is 13.1 Å². The summed E-state index contributed by atoms with van der Waals surface area (Å²) in [6.45, 7) is 8.45. The first-order valence-corrected chi connectivity index (χ1v) is 9.26. The number of piperazine rings is 1. The van der Waals surface area contributed by atoms with Crippen molar-refractivity contribution in [1.82, 2.24) is 14.9 Å². The number of ether oxygens (including phenoxy) is 1. The number of nitrogens with zero attached hydrogens (tertiary/aromatic N) is 4. The third-order valence-electron chi connectivity index (χ3n) is 4.95. The van der Waals surface area contributed by atoms with Gasteiger partial charge in [-0.3, -0.25) is 4.79 Å². The van der Waals surface area contributed by atoms with Crippen molar-refractivity contribution in [3.05, 3.63) is 47.3 Å². The number of carbonyl (C=O) groups is 1. The fraction of sp³-hybridized carbons (Fsp3) is 0.450. The molecule has 144 valence electrons. The largest absolute Gasteiger partial charge is 0.383 e. The van der Waals surface area contributed by atoms with Crippen LogP contribution in [0.1, 0.15) is 21.6 Å². The van der Waals surface area contributed by atoms with Gasteiger partial charge in [0.15, 0.2) is 0 Å². The molecule has 0 saturated carbocycles. The summed E-state index contributed by atoms with van der Waals surface area (Å²) in [5, 5.41) is 3.06. The molecule has 0 radical (unpaired) electrons. The highest BCUT2D eigenvalue weighted by molar-refractivity contribution is 5.92. The van der Waals surface area contributed by atoms with Crippen LogP contribution < -0.4 is 10.2 Å². The van der Waals surface area contributed by atoms with E-state index in [2.05, 4.69) is 52.2 Å². The number of aryl methyl sites for hydroxylation is 1. The smallest absolute Gasteiger partial charge is 0.272 e. The van der Waals surface area contributed by atoms with E-state index < -0.39 is 0 Å². The molecule has 7 heteroatoms.